The van der Waals surface area contributed by atoms with Crippen LogP contribution in [0.25, 0.3) is 10.9 Å². The number of hydrogen-bond acceptors (Lipinski definition) is 4. The molecule has 1 aliphatic heterocycles. The number of aryl methyl sites for hydroxylation is 1. The van der Waals surface area contributed by atoms with Gasteiger partial charge in [0.2, 0.25) is 5.88 Å². The summed E-state index contributed by atoms with van der Waals surface area (Å²) in [6.07, 6.45) is 0. The lowest BCUT2D eigenvalue weighted by atomic mass is 10.0. The van der Waals surface area contributed by atoms with Gasteiger partial charge in [-0.05, 0) is 28.1 Å². The molecule has 2 heterocycles. The van der Waals surface area contributed by atoms with E-state index < -0.39 is 0 Å². The number of fused-ring (bicyclic) bond motifs is 2. The molecule has 3 aromatic rings. The monoisotopic (exact) mass is 383 g/mol. The summed E-state index contributed by atoms with van der Waals surface area (Å²) in [6, 6.07) is 13.6. The molecule has 0 bridgehead atoms. The minimum atomic E-state index is 0.146. The number of oxime groups is 1. The Bertz CT molecular complexity index is 1030. The first-order chi connectivity index (χ1) is 11.6. The van der Waals surface area contributed by atoms with Crippen molar-refractivity contribution in [2.24, 2.45) is 17.2 Å². The van der Waals surface area contributed by atoms with Crippen LogP contribution in [-0.4, -0.2) is 28.2 Å². The van der Waals surface area contributed by atoms with Gasteiger partial charge in [0.05, 0.1) is 16.8 Å². The fourth-order valence-corrected chi connectivity index (χ4v) is 3.75. The number of benzene rings is 2. The molecule has 1 aromatic heterocycles. The van der Waals surface area contributed by atoms with Crippen LogP contribution < -0.4 is 0 Å². The molecular weight excluding hydrogens is 370 g/mol. The first-order valence-electron chi connectivity index (χ1n) is 7.39. The summed E-state index contributed by atoms with van der Waals surface area (Å²) >= 11 is 3.55. The zero-order valence-electron chi connectivity index (χ0n) is 13.1. The minimum Gasteiger partial charge on any atom is -0.494 e. The molecule has 0 saturated carbocycles. The van der Waals surface area contributed by atoms with Crippen molar-refractivity contribution in [1.29, 1.82) is 0 Å². The third kappa shape index (κ3) is 1.99. The van der Waals surface area contributed by atoms with Gasteiger partial charge in [-0.1, -0.05) is 35.5 Å². The quantitative estimate of drug-likeness (QED) is 0.676. The molecule has 0 unspecified atom stereocenters. The molecule has 0 fully saturated rings. The maximum atomic E-state index is 10.7. The highest BCUT2D eigenvalue weighted by atomic mass is 79.9. The van der Waals surface area contributed by atoms with Crippen LogP contribution in [0.2, 0.25) is 0 Å². The van der Waals surface area contributed by atoms with Crippen molar-refractivity contribution in [2.75, 3.05) is 7.11 Å². The van der Waals surface area contributed by atoms with Crippen LogP contribution in [0, 0.1) is 0 Å². The van der Waals surface area contributed by atoms with Crippen LogP contribution >= 0.6 is 15.9 Å². The Balaban J connectivity index is 2.04. The summed E-state index contributed by atoms with van der Waals surface area (Å²) in [4.78, 5) is 9.72. The largest absolute Gasteiger partial charge is 0.494 e. The van der Waals surface area contributed by atoms with Crippen molar-refractivity contribution in [3.63, 3.8) is 0 Å². The van der Waals surface area contributed by atoms with Crippen LogP contribution in [0.1, 0.15) is 11.1 Å². The fourth-order valence-electron chi connectivity index (χ4n) is 3.12. The van der Waals surface area contributed by atoms with E-state index in [1.165, 1.54) is 7.11 Å². The topological polar surface area (TPSA) is 59.1 Å². The van der Waals surface area contributed by atoms with Crippen LogP contribution in [0.3, 0.4) is 0 Å². The van der Waals surface area contributed by atoms with Gasteiger partial charge in [0.15, 0.2) is 0 Å². The first kappa shape index (κ1) is 15.0. The Hall–Kier alpha value is -2.60. The van der Waals surface area contributed by atoms with E-state index in [1.807, 2.05) is 49.5 Å². The van der Waals surface area contributed by atoms with Crippen molar-refractivity contribution in [3.05, 3.63) is 58.1 Å². The van der Waals surface area contributed by atoms with Gasteiger partial charge in [0.1, 0.15) is 18.5 Å². The summed E-state index contributed by atoms with van der Waals surface area (Å²) in [5.74, 6) is 0.146. The molecule has 2 aromatic carbocycles. The summed E-state index contributed by atoms with van der Waals surface area (Å²) in [6.45, 7) is 0. The Morgan fingerprint density at radius 2 is 1.96 bits per heavy atom. The van der Waals surface area contributed by atoms with Gasteiger partial charge >= 0.3 is 0 Å². The highest BCUT2D eigenvalue weighted by Crippen LogP contribution is 2.39. The molecule has 4 rings (SSSR count). The average Bonchev–Trinajstić information content (AvgIpc) is 3.05. The Morgan fingerprint density at radius 1 is 1.17 bits per heavy atom. The highest BCUT2D eigenvalue weighted by molar-refractivity contribution is 9.10. The molecule has 0 saturated heterocycles. The fraction of sp³-hybridized carbons (Fsp3) is 0.111. The second kappa shape index (κ2) is 5.49. The van der Waals surface area contributed by atoms with E-state index in [0.29, 0.717) is 17.0 Å². The number of hydrogen-bond donors (Lipinski definition) is 1. The SMILES string of the molecule is CO/N=C1/C(c2c(O)n(C)c3c(Br)cccc23)=Nc2ccccc21. The molecule has 0 spiro atoms. The lowest BCUT2D eigenvalue weighted by Crippen LogP contribution is -2.13. The Morgan fingerprint density at radius 3 is 2.75 bits per heavy atom. The molecule has 0 atom stereocenters. The lowest BCUT2D eigenvalue weighted by molar-refractivity contribution is 0.214. The highest BCUT2D eigenvalue weighted by Gasteiger charge is 2.30. The number of halogens is 1. The van der Waals surface area contributed by atoms with E-state index in [4.69, 9.17) is 9.83 Å². The second-order valence-electron chi connectivity index (χ2n) is 5.49. The van der Waals surface area contributed by atoms with Gasteiger partial charge in [-0.3, -0.25) is 0 Å². The van der Waals surface area contributed by atoms with Gasteiger partial charge in [-0.2, -0.15) is 0 Å². The van der Waals surface area contributed by atoms with Crippen LogP contribution in [0.4, 0.5) is 5.69 Å². The van der Waals surface area contributed by atoms with Gasteiger partial charge < -0.3 is 14.5 Å². The van der Waals surface area contributed by atoms with Gasteiger partial charge in [-0.25, -0.2) is 4.99 Å². The summed E-state index contributed by atoms with van der Waals surface area (Å²) in [5, 5.41) is 15.8. The molecular formula is C18H14BrN3O2. The molecule has 0 aliphatic carbocycles. The van der Waals surface area contributed by atoms with Crippen molar-refractivity contribution in [3.8, 4) is 5.88 Å². The van der Waals surface area contributed by atoms with Gasteiger partial charge in [-0.15, -0.1) is 0 Å². The van der Waals surface area contributed by atoms with Crippen molar-refractivity contribution < 1.29 is 9.94 Å². The smallest absolute Gasteiger partial charge is 0.201 e. The third-order valence-electron chi connectivity index (χ3n) is 4.17. The normalized spacial score (nSPS) is 15.0. The molecule has 5 nitrogen and oxygen atoms in total. The number of aromatic nitrogens is 1. The molecule has 6 heteroatoms. The van der Waals surface area contributed by atoms with Crippen molar-refractivity contribution in [1.82, 2.24) is 4.57 Å². The Labute approximate surface area is 147 Å². The van der Waals surface area contributed by atoms with E-state index in [1.54, 1.807) is 4.57 Å². The molecule has 1 N–H and O–H groups in total. The molecule has 0 radical (unpaired) electrons. The van der Waals surface area contributed by atoms with E-state index in [2.05, 4.69) is 21.1 Å². The average molecular weight is 384 g/mol. The first-order valence-corrected chi connectivity index (χ1v) is 8.18. The standard InChI is InChI=1S/C18H14BrN3O2/c1-22-17-11(7-5-8-12(17)19)14(18(22)23)16-15(21-24-2)10-6-3-4-9-13(10)20-16/h3-9,23H,1-2H3/b21-15+. The molecule has 0 amide bonds. The maximum absolute atomic E-state index is 10.7. The number of rotatable bonds is 2. The van der Waals surface area contributed by atoms with E-state index in [0.717, 1.165) is 26.6 Å². The number of aromatic hydroxyl groups is 1. The van der Waals surface area contributed by atoms with Gasteiger partial charge in [0, 0.05) is 22.5 Å². The molecule has 24 heavy (non-hydrogen) atoms. The minimum absolute atomic E-state index is 0.146. The van der Waals surface area contributed by atoms with Crippen LogP contribution in [0.5, 0.6) is 5.88 Å². The summed E-state index contributed by atoms with van der Waals surface area (Å²) < 4.78 is 2.65. The summed E-state index contributed by atoms with van der Waals surface area (Å²) in [7, 11) is 3.33. The van der Waals surface area contributed by atoms with E-state index >= 15 is 0 Å². The van der Waals surface area contributed by atoms with Crippen molar-refractivity contribution in [2.45, 2.75) is 0 Å². The second-order valence-corrected chi connectivity index (χ2v) is 6.35. The third-order valence-corrected chi connectivity index (χ3v) is 4.81. The summed E-state index contributed by atoms with van der Waals surface area (Å²) in [5.41, 5.74) is 4.49. The van der Waals surface area contributed by atoms with E-state index in [9.17, 15) is 5.11 Å². The van der Waals surface area contributed by atoms with Crippen LogP contribution in [0.15, 0.2) is 57.1 Å². The van der Waals surface area contributed by atoms with Gasteiger partial charge in [0.25, 0.3) is 0 Å². The van der Waals surface area contributed by atoms with Crippen LogP contribution in [-0.2, 0) is 11.9 Å². The van der Waals surface area contributed by atoms with Crippen molar-refractivity contribution >= 4 is 43.9 Å². The lowest BCUT2D eigenvalue weighted by Gasteiger charge is -2.03. The zero-order valence-corrected chi connectivity index (χ0v) is 14.7. The Kier molecular flexibility index (Phi) is 3.42. The predicted octanol–water partition coefficient (Wildman–Crippen LogP) is 4.13. The number of para-hydroxylation sites is 2. The maximum Gasteiger partial charge on any atom is 0.201 e. The molecule has 1 aliphatic rings. The predicted molar refractivity (Wildman–Crippen MR) is 98.5 cm³/mol. The van der Waals surface area contributed by atoms with E-state index in [-0.39, 0.29) is 5.88 Å². The zero-order chi connectivity index (χ0) is 16.8. The molecule has 120 valence electrons. The number of nitrogens with zero attached hydrogens (tertiary/aromatic N) is 3. The number of aliphatic imine (C=N–C) groups is 1.